The van der Waals surface area contributed by atoms with E-state index in [0.29, 0.717) is 10.6 Å². The van der Waals surface area contributed by atoms with E-state index in [2.05, 4.69) is 4.98 Å². The van der Waals surface area contributed by atoms with Crippen LogP contribution >= 0.6 is 11.3 Å². The van der Waals surface area contributed by atoms with E-state index in [-0.39, 0.29) is 0 Å². The van der Waals surface area contributed by atoms with E-state index in [9.17, 15) is 13.2 Å². The third-order valence-electron chi connectivity index (χ3n) is 2.48. The fourth-order valence-electron chi connectivity index (χ4n) is 1.57. The molecular formula is C12H11F3N2S. The Morgan fingerprint density at radius 1 is 1.33 bits per heavy atom. The first kappa shape index (κ1) is 13.0. The molecule has 0 aliphatic heterocycles. The molecule has 0 saturated carbocycles. The number of halogens is 3. The molecule has 1 atom stereocenters. The van der Waals surface area contributed by atoms with Gasteiger partial charge in [0.05, 0.1) is 11.6 Å². The summed E-state index contributed by atoms with van der Waals surface area (Å²) in [7, 11) is 0. The highest BCUT2D eigenvalue weighted by Crippen LogP contribution is 2.31. The number of alkyl halides is 3. The van der Waals surface area contributed by atoms with Gasteiger partial charge in [-0.15, -0.1) is 11.3 Å². The maximum atomic E-state index is 12.6. The van der Waals surface area contributed by atoms with Crippen LogP contribution in [0.15, 0.2) is 29.6 Å². The molecule has 1 aromatic carbocycles. The fraction of sp³-hybridized carbons (Fsp3) is 0.250. The van der Waals surface area contributed by atoms with Crippen molar-refractivity contribution < 1.29 is 13.2 Å². The molecule has 2 nitrogen and oxygen atoms in total. The average Bonchev–Trinajstić information content (AvgIpc) is 2.74. The molecule has 0 aliphatic carbocycles. The van der Waals surface area contributed by atoms with Crippen molar-refractivity contribution in [2.75, 3.05) is 0 Å². The molecule has 1 unspecified atom stereocenters. The summed E-state index contributed by atoms with van der Waals surface area (Å²) in [6, 6.07) is 4.42. The first-order valence-corrected chi connectivity index (χ1v) is 6.10. The summed E-state index contributed by atoms with van der Waals surface area (Å²) in [5.74, 6) is 0. The van der Waals surface area contributed by atoms with Gasteiger partial charge in [0.15, 0.2) is 0 Å². The molecule has 0 amide bonds. The van der Waals surface area contributed by atoms with Gasteiger partial charge in [0, 0.05) is 11.1 Å². The second-order valence-corrected chi connectivity index (χ2v) is 4.82. The lowest BCUT2D eigenvalue weighted by Gasteiger charge is -2.12. The number of aromatic nitrogens is 1. The summed E-state index contributed by atoms with van der Waals surface area (Å²) in [6.45, 7) is 1.82. The number of aryl methyl sites for hydroxylation is 1. The Kier molecular flexibility index (Phi) is 3.41. The smallest absolute Gasteiger partial charge is 0.318 e. The van der Waals surface area contributed by atoms with Crippen LogP contribution in [0.4, 0.5) is 13.2 Å². The van der Waals surface area contributed by atoms with E-state index in [1.807, 2.05) is 12.3 Å². The Morgan fingerprint density at radius 3 is 2.61 bits per heavy atom. The van der Waals surface area contributed by atoms with Crippen molar-refractivity contribution in [3.8, 4) is 0 Å². The Hall–Kier alpha value is -1.40. The van der Waals surface area contributed by atoms with Gasteiger partial charge in [-0.2, -0.15) is 13.2 Å². The lowest BCUT2D eigenvalue weighted by atomic mass is 10.0. The van der Waals surface area contributed by atoms with Crippen LogP contribution in [0.3, 0.4) is 0 Å². The quantitative estimate of drug-likeness (QED) is 0.908. The summed E-state index contributed by atoms with van der Waals surface area (Å²) < 4.78 is 37.8. The molecule has 2 N–H and O–H groups in total. The van der Waals surface area contributed by atoms with Crippen LogP contribution < -0.4 is 5.73 Å². The van der Waals surface area contributed by atoms with E-state index < -0.39 is 17.8 Å². The maximum Gasteiger partial charge on any atom is 0.416 e. The number of nitrogens with two attached hydrogens (primary N) is 1. The highest BCUT2D eigenvalue weighted by Gasteiger charge is 2.31. The van der Waals surface area contributed by atoms with Crippen molar-refractivity contribution in [1.29, 1.82) is 0 Å². The number of nitrogens with zero attached hydrogens (tertiary/aromatic N) is 1. The zero-order chi connectivity index (χ0) is 13.3. The zero-order valence-electron chi connectivity index (χ0n) is 9.53. The first-order valence-electron chi connectivity index (χ1n) is 5.22. The number of thiazole rings is 1. The Balaban J connectivity index is 2.34. The van der Waals surface area contributed by atoms with E-state index in [1.165, 1.54) is 17.4 Å². The lowest BCUT2D eigenvalue weighted by Crippen LogP contribution is -2.13. The van der Waals surface area contributed by atoms with E-state index >= 15 is 0 Å². The van der Waals surface area contributed by atoms with Crippen LogP contribution in [0, 0.1) is 6.92 Å². The van der Waals surface area contributed by atoms with Gasteiger partial charge >= 0.3 is 6.18 Å². The molecule has 6 heteroatoms. The third-order valence-corrected chi connectivity index (χ3v) is 3.52. The molecule has 1 heterocycles. The fourth-order valence-corrected chi connectivity index (χ4v) is 2.39. The second kappa shape index (κ2) is 4.70. The minimum absolute atomic E-state index is 0.416. The average molecular weight is 272 g/mol. The van der Waals surface area contributed by atoms with Gasteiger partial charge < -0.3 is 5.73 Å². The van der Waals surface area contributed by atoms with Crippen LogP contribution in [0.2, 0.25) is 0 Å². The van der Waals surface area contributed by atoms with Crippen LogP contribution in [0.5, 0.6) is 0 Å². The SMILES string of the molecule is Cc1csc(C(N)c2cccc(C(F)(F)F)c2)n1. The normalized spacial score (nSPS) is 13.6. The van der Waals surface area contributed by atoms with Crippen molar-refractivity contribution in [2.24, 2.45) is 5.73 Å². The third kappa shape index (κ3) is 2.70. The largest absolute Gasteiger partial charge is 0.416 e. The summed E-state index contributed by atoms with van der Waals surface area (Å²) >= 11 is 1.35. The number of benzene rings is 1. The van der Waals surface area contributed by atoms with Crippen molar-refractivity contribution in [3.05, 3.63) is 51.5 Å². The van der Waals surface area contributed by atoms with Gasteiger partial charge in [-0.25, -0.2) is 4.98 Å². The van der Waals surface area contributed by atoms with Gasteiger partial charge in [-0.1, -0.05) is 12.1 Å². The Morgan fingerprint density at radius 2 is 2.06 bits per heavy atom. The molecule has 1 aromatic heterocycles. The molecule has 0 aliphatic rings. The summed E-state index contributed by atoms with van der Waals surface area (Å²) in [6.07, 6.45) is -4.35. The minimum Gasteiger partial charge on any atom is -0.318 e. The number of rotatable bonds is 2. The molecule has 0 bridgehead atoms. The van der Waals surface area contributed by atoms with Crippen LogP contribution in [0.1, 0.15) is 27.9 Å². The topological polar surface area (TPSA) is 38.9 Å². The Labute approximate surface area is 106 Å². The standard InChI is InChI=1S/C12H11F3N2S/c1-7-6-18-11(17-7)10(16)8-3-2-4-9(5-8)12(13,14)15/h2-6,10H,16H2,1H3. The molecule has 2 rings (SSSR count). The predicted octanol–water partition coefficient (Wildman–Crippen LogP) is 3.52. The van der Waals surface area contributed by atoms with Gasteiger partial charge in [-0.05, 0) is 24.6 Å². The molecule has 0 radical (unpaired) electrons. The maximum absolute atomic E-state index is 12.6. The van der Waals surface area contributed by atoms with Crippen molar-refractivity contribution >= 4 is 11.3 Å². The monoisotopic (exact) mass is 272 g/mol. The van der Waals surface area contributed by atoms with E-state index in [1.54, 1.807) is 6.07 Å². The summed E-state index contributed by atoms with van der Waals surface area (Å²) in [5, 5.41) is 2.44. The van der Waals surface area contributed by atoms with Gasteiger partial charge in [0.1, 0.15) is 5.01 Å². The number of hydrogen-bond donors (Lipinski definition) is 1. The number of hydrogen-bond acceptors (Lipinski definition) is 3. The van der Waals surface area contributed by atoms with E-state index in [4.69, 9.17) is 5.73 Å². The molecule has 0 saturated heterocycles. The molecule has 0 spiro atoms. The lowest BCUT2D eigenvalue weighted by molar-refractivity contribution is -0.137. The molecule has 2 aromatic rings. The molecule has 0 fully saturated rings. The zero-order valence-corrected chi connectivity index (χ0v) is 10.3. The summed E-state index contributed by atoms with van der Waals surface area (Å²) in [5.41, 5.74) is 6.46. The van der Waals surface area contributed by atoms with Crippen molar-refractivity contribution in [2.45, 2.75) is 19.1 Å². The molecule has 96 valence electrons. The van der Waals surface area contributed by atoms with Crippen molar-refractivity contribution in [1.82, 2.24) is 4.98 Å². The second-order valence-electron chi connectivity index (χ2n) is 3.93. The molecule has 18 heavy (non-hydrogen) atoms. The van der Waals surface area contributed by atoms with Crippen molar-refractivity contribution in [3.63, 3.8) is 0 Å². The highest BCUT2D eigenvalue weighted by molar-refractivity contribution is 7.09. The predicted molar refractivity (Wildman–Crippen MR) is 64.3 cm³/mol. The molecular weight excluding hydrogens is 261 g/mol. The minimum atomic E-state index is -4.35. The highest BCUT2D eigenvalue weighted by atomic mass is 32.1. The van der Waals surface area contributed by atoms with Gasteiger partial charge in [0.25, 0.3) is 0 Å². The van der Waals surface area contributed by atoms with Gasteiger partial charge in [-0.3, -0.25) is 0 Å². The van der Waals surface area contributed by atoms with E-state index in [0.717, 1.165) is 17.8 Å². The Bertz CT molecular complexity index is 548. The van der Waals surface area contributed by atoms with Crippen LogP contribution in [-0.4, -0.2) is 4.98 Å². The first-order chi connectivity index (χ1) is 8.38. The summed E-state index contributed by atoms with van der Waals surface area (Å²) in [4.78, 5) is 4.19. The van der Waals surface area contributed by atoms with Gasteiger partial charge in [0.2, 0.25) is 0 Å². The van der Waals surface area contributed by atoms with Crippen LogP contribution in [0.25, 0.3) is 0 Å². The van der Waals surface area contributed by atoms with Crippen LogP contribution in [-0.2, 0) is 6.18 Å².